The van der Waals surface area contributed by atoms with Gasteiger partial charge in [-0.15, -0.1) is 6.58 Å². The van der Waals surface area contributed by atoms with E-state index in [4.69, 9.17) is 0 Å². The van der Waals surface area contributed by atoms with Gasteiger partial charge in [0.1, 0.15) is 11.6 Å². The normalized spacial score (nSPS) is 10.6. The van der Waals surface area contributed by atoms with Crippen molar-refractivity contribution in [3.8, 4) is 0 Å². The van der Waals surface area contributed by atoms with Crippen molar-refractivity contribution < 1.29 is 13.6 Å². The zero-order valence-electron chi connectivity index (χ0n) is 14.8. The molecular formula is C22H20F2N2O. The molecule has 0 bridgehead atoms. The molecule has 0 aliphatic carbocycles. The molecule has 0 aliphatic heterocycles. The van der Waals surface area contributed by atoms with Crippen molar-refractivity contribution in [2.24, 2.45) is 0 Å². The van der Waals surface area contributed by atoms with Crippen molar-refractivity contribution in [2.75, 3.05) is 6.54 Å². The van der Waals surface area contributed by atoms with Gasteiger partial charge in [0.25, 0.3) is 5.91 Å². The quantitative estimate of drug-likeness (QED) is 0.559. The first-order chi connectivity index (χ1) is 13.1. The second kappa shape index (κ2) is 8.45. The average molecular weight is 366 g/mol. The van der Waals surface area contributed by atoms with Crippen LogP contribution in [0.15, 0.2) is 79.5 Å². The van der Waals surface area contributed by atoms with Crippen molar-refractivity contribution in [3.63, 3.8) is 0 Å². The Balaban J connectivity index is 1.79. The first kappa shape index (κ1) is 18.6. The van der Waals surface area contributed by atoms with Gasteiger partial charge in [-0.2, -0.15) is 0 Å². The number of rotatable bonds is 7. The predicted octanol–water partition coefficient (Wildman–Crippen LogP) is 4.64. The van der Waals surface area contributed by atoms with Gasteiger partial charge in [-0.25, -0.2) is 8.78 Å². The largest absolute Gasteiger partial charge is 0.345 e. The maximum atomic E-state index is 13.5. The third kappa shape index (κ3) is 4.70. The van der Waals surface area contributed by atoms with Gasteiger partial charge in [0.15, 0.2) is 0 Å². The van der Waals surface area contributed by atoms with E-state index in [1.54, 1.807) is 29.2 Å². The first-order valence-corrected chi connectivity index (χ1v) is 8.61. The summed E-state index contributed by atoms with van der Waals surface area (Å²) in [5.74, 6) is -0.979. The van der Waals surface area contributed by atoms with Gasteiger partial charge in [-0.05, 0) is 48.0 Å². The molecule has 0 atom stereocenters. The summed E-state index contributed by atoms with van der Waals surface area (Å²) in [7, 11) is 0. The number of amides is 1. The van der Waals surface area contributed by atoms with Crippen LogP contribution in [0.2, 0.25) is 0 Å². The monoisotopic (exact) mass is 366 g/mol. The van der Waals surface area contributed by atoms with Crippen LogP contribution in [0.3, 0.4) is 0 Å². The molecule has 2 aromatic carbocycles. The van der Waals surface area contributed by atoms with E-state index in [-0.39, 0.29) is 11.7 Å². The van der Waals surface area contributed by atoms with Crippen molar-refractivity contribution in [3.05, 3.63) is 108 Å². The molecule has 5 heteroatoms. The van der Waals surface area contributed by atoms with Gasteiger partial charge in [0.05, 0.1) is 6.54 Å². The highest BCUT2D eigenvalue weighted by Crippen LogP contribution is 2.14. The fourth-order valence-corrected chi connectivity index (χ4v) is 2.91. The van der Waals surface area contributed by atoms with E-state index in [2.05, 4.69) is 6.58 Å². The minimum absolute atomic E-state index is 0.260. The minimum Gasteiger partial charge on any atom is -0.345 e. The molecule has 3 nitrogen and oxygen atoms in total. The van der Waals surface area contributed by atoms with Gasteiger partial charge in [-0.1, -0.05) is 24.3 Å². The van der Waals surface area contributed by atoms with Crippen LogP contribution in [0.4, 0.5) is 8.78 Å². The lowest BCUT2D eigenvalue weighted by atomic mass is 10.2. The number of aromatic nitrogens is 1. The highest BCUT2D eigenvalue weighted by Gasteiger charge is 2.17. The van der Waals surface area contributed by atoms with Crippen LogP contribution in [0, 0.1) is 11.6 Å². The Morgan fingerprint density at radius 2 is 1.81 bits per heavy atom. The smallest absolute Gasteiger partial charge is 0.254 e. The van der Waals surface area contributed by atoms with Crippen molar-refractivity contribution in [1.82, 2.24) is 9.47 Å². The predicted molar refractivity (Wildman–Crippen MR) is 101 cm³/mol. The van der Waals surface area contributed by atoms with E-state index >= 15 is 0 Å². The number of hydrogen-bond donors (Lipinski definition) is 0. The van der Waals surface area contributed by atoms with Crippen LogP contribution in [0.25, 0.3) is 0 Å². The lowest BCUT2D eigenvalue weighted by Crippen LogP contribution is -2.31. The molecule has 0 radical (unpaired) electrons. The summed E-state index contributed by atoms with van der Waals surface area (Å²) in [6.45, 7) is 4.98. The molecule has 1 amide bonds. The maximum Gasteiger partial charge on any atom is 0.254 e. The molecule has 0 saturated carbocycles. The van der Waals surface area contributed by atoms with E-state index in [9.17, 15) is 13.6 Å². The lowest BCUT2D eigenvalue weighted by molar-refractivity contribution is 0.0759. The summed E-state index contributed by atoms with van der Waals surface area (Å²) in [6, 6.07) is 15.8. The fraction of sp³-hybridized carbons (Fsp3) is 0.136. The van der Waals surface area contributed by atoms with Gasteiger partial charge in [0, 0.05) is 30.5 Å². The molecule has 27 heavy (non-hydrogen) atoms. The van der Waals surface area contributed by atoms with Crippen LogP contribution in [-0.4, -0.2) is 21.9 Å². The number of carbonyl (C=O) groups is 1. The average Bonchev–Trinajstić information content (AvgIpc) is 3.09. The second-order valence-corrected chi connectivity index (χ2v) is 6.24. The molecule has 3 aromatic rings. The number of carbonyl (C=O) groups excluding carboxylic acids is 1. The Bertz CT molecular complexity index is 931. The molecule has 0 spiro atoms. The third-order valence-corrected chi connectivity index (χ3v) is 4.25. The zero-order chi connectivity index (χ0) is 19.2. The van der Waals surface area contributed by atoms with Crippen molar-refractivity contribution in [2.45, 2.75) is 13.1 Å². The molecule has 1 aromatic heterocycles. The second-order valence-electron chi connectivity index (χ2n) is 6.24. The van der Waals surface area contributed by atoms with Crippen molar-refractivity contribution in [1.29, 1.82) is 0 Å². The van der Waals surface area contributed by atoms with Crippen LogP contribution in [0.5, 0.6) is 0 Å². The number of halogens is 2. The Kier molecular flexibility index (Phi) is 5.81. The molecule has 1 heterocycles. The van der Waals surface area contributed by atoms with Gasteiger partial charge in [-0.3, -0.25) is 4.79 Å². The summed E-state index contributed by atoms with van der Waals surface area (Å²) in [4.78, 5) is 14.4. The summed E-state index contributed by atoms with van der Waals surface area (Å²) in [6.07, 6.45) is 3.56. The molecule has 138 valence electrons. The van der Waals surface area contributed by atoms with E-state index in [0.717, 1.165) is 11.3 Å². The lowest BCUT2D eigenvalue weighted by Gasteiger charge is -2.22. The maximum absolute atomic E-state index is 13.5. The first-order valence-electron chi connectivity index (χ1n) is 8.61. The Hall–Kier alpha value is -3.21. The van der Waals surface area contributed by atoms with E-state index in [0.29, 0.717) is 25.2 Å². The fourth-order valence-electron chi connectivity index (χ4n) is 2.91. The highest BCUT2D eigenvalue weighted by molar-refractivity contribution is 5.94. The van der Waals surface area contributed by atoms with E-state index in [1.807, 2.05) is 22.9 Å². The molecule has 0 unspecified atom stereocenters. The van der Waals surface area contributed by atoms with Crippen LogP contribution in [0.1, 0.15) is 21.6 Å². The summed E-state index contributed by atoms with van der Waals surface area (Å²) >= 11 is 0. The Labute approximate surface area is 157 Å². The van der Waals surface area contributed by atoms with E-state index in [1.165, 1.54) is 30.3 Å². The molecule has 3 rings (SSSR count). The number of nitrogens with zero attached hydrogens (tertiary/aromatic N) is 2. The summed E-state index contributed by atoms with van der Waals surface area (Å²) < 4.78 is 28.6. The molecule has 0 aliphatic rings. The highest BCUT2D eigenvalue weighted by atomic mass is 19.1. The van der Waals surface area contributed by atoms with Crippen LogP contribution >= 0.6 is 0 Å². The molecule has 0 N–H and O–H groups in total. The zero-order valence-corrected chi connectivity index (χ0v) is 14.8. The molecule has 0 fully saturated rings. The van der Waals surface area contributed by atoms with E-state index < -0.39 is 5.82 Å². The Morgan fingerprint density at radius 1 is 1.04 bits per heavy atom. The summed E-state index contributed by atoms with van der Waals surface area (Å²) in [5, 5.41) is 0. The van der Waals surface area contributed by atoms with Crippen LogP contribution < -0.4 is 0 Å². The van der Waals surface area contributed by atoms with Gasteiger partial charge in [0.2, 0.25) is 0 Å². The molecular weight excluding hydrogens is 346 g/mol. The SMILES string of the molecule is C=CCN(Cc1cccn1Cc1ccc(F)cc1)C(=O)c1cccc(F)c1. The molecule has 0 saturated heterocycles. The van der Waals surface area contributed by atoms with Gasteiger partial charge >= 0.3 is 0 Å². The van der Waals surface area contributed by atoms with Crippen LogP contribution in [-0.2, 0) is 13.1 Å². The topological polar surface area (TPSA) is 25.2 Å². The standard InChI is InChI=1S/C22H20F2N2O/c1-2-12-26(22(27)18-5-3-6-20(24)14-18)16-21-7-4-13-25(21)15-17-8-10-19(23)11-9-17/h2-11,13-14H,1,12,15-16H2. The summed E-state index contributed by atoms with van der Waals surface area (Å²) in [5.41, 5.74) is 2.18. The number of hydrogen-bond acceptors (Lipinski definition) is 1. The number of benzene rings is 2. The van der Waals surface area contributed by atoms with Crippen molar-refractivity contribution >= 4 is 5.91 Å². The minimum atomic E-state index is -0.445. The third-order valence-electron chi connectivity index (χ3n) is 4.25. The van der Waals surface area contributed by atoms with Gasteiger partial charge < -0.3 is 9.47 Å². The Morgan fingerprint density at radius 3 is 2.52 bits per heavy atom.